The highest BCUT2D eigenvalue weighted by molar-refractivity contribution is 6.42. The first-order chi connectivity index (χ1) is 9.58. The Morgan fingerprint density at radius 1 is 1.10 bits per heavy atom. The number of halogens is 2. The molecule has 2 aromatic rings. The number of nitrogens with one attached hydrogen (secondary N) is 1. The van der Waals surface area contributed by atoms with Crippen LogP contribution in [0.3, 0.4) is 0 Å². The Morgan fingerprint density at radius 3 is 2.55 bits per heavy atom. The van der Waals surface area contributed by atoms with Gasteiger partial charge in [-0.1, -0.05) is 47.5 Å². The molecule has 2 aromatic carbocycles. The van der Waals surface area contributed by atoms with E-state index in [4.69, 9.17) is 23.2 Å². The van der Waals surface area contributed by atoms with E-state index in [-0.39, 0.29) is 5.91 Å². The van der Waals surface area contributed by atoms with Crippen molar-refractivity contribution in [1.29, 1.82) is 0 Å². The van der Waals surface area contributed by atoms with Gasteiger partial charge in [0.15, 0.2) is 0 Å². The molecule has 4 heteroatoms. The molecule has 0 atom stereocenters. The predicted octanol–water partition coefficient (Wildman–Crippen LogP) is 4.27. The van der Waals surface area contributed by atoms with Crippen LogP contribution in [0.5, 0.6) is 0 Å². The van der Waals surface area contributed by atoms with Gasteiger partial charge in [-0.2, -0.15) is 0 Å². The van der Waals surface area contributed by atoms with Crippen molar-refractivity contribution in [2.24, 2.45) is 0 Å². The van der Waals surface area contributed by atoms with Gasteiger partial charge in [-0.05, 0) is 42.7 Å². The summed E-state index contributed by atoms with van der Waals surface area (Å²) in [6.45, 7) is 2.65. The summed E-state index contributed by atoms with van der Waals surface area (Å²) in [6, 6.07) is 13.0. The lowest BCUT2D eigenvalue weighted by Gasteiger charge is -2.08. The molecule has 1 N–H and O–H groups in total. The number of hydrogen-bond acceptors (Lipinski definition) is 1. The highest BCUT2D eigenvalue weighted by atomic mass is 35.5. The maximum Gasteiger partial charge on any atom is 0.251 e. The van der Waals surface area contributed by atoms with Gasteiger partial charge in [0, 0.05) is 12.1 Å². The molecule has 0 aromatic heterocycles. The molecule has 0 saturated heterocycles. The highest BCUT2D eigenvalue weighted by Gasteiger charge is 2.07. The van der Waals surface area contributed by atoms with Crippen LogP contribution in [0.4, 0.5) is 0 Å². The van der Waals surface area contributed by atoms with Crippen molar-refractivity contribution < 1.29 is 4.79 Å². The first-order valence-corrected chi connectivity index (χ1v) is 7.11. The summed E-state index contributed by atoms with van der Waals surface area (Å²) < 4.78 is 0. The van der Waals surface area contributed by atoms with Crippen molar-refractivity contribution in [2.45, 2.75) is 13.3 Å². The fourth-order valence-electron chi connectivity index (χ4n) is 1.94. The van der Waals surface area contributed by atoms with Crippen LogP contribution in [-0.2, 0) is 6.42 Å². The van der Waals surface area contributed by atoms with Gasteiger partial charge in [-0.25, -0.2) is 0 Å². The number of hydrogen-bond donors (Lipinski definition) is 1. The molecule has 104 valence electrons. The molecule has 2 rings (SSSR count). The molecule has 0 aliphatic rings. The van der Waals surface area contributed by atoms with Gasteiger partial charge in [0.1, 0.15) is 0 Å². The van der Waals surface area contributed by atoms with E-state index in [9.17, 15) is 4.79 Å². The lowest BCUT2D eigenvalue weighted by Crippen LogP contribution is -2.25. The predicted molar refractivity (Wildman–Crippen MR) is 83.7 cm³/mol. The van der Waals surface area contributed by atoms with Crippen LogP contribution in [0.15, 0.2) is 42.5 Å². The number of amides is 1. The molecule has 0 fully saturated rings. The Labute approximate surface area is 128 Å². The maximum atomic E-state index is 12.0. The monoisotopic (exact) mass is 307 g/mol. The third-order valence-electron chi connectivity index (χ3n) is 3.12. The van der Waals surface area contributed by atoms with E-state index < -0.39 is 0 Å². The lowest BCUT2D eigenvalue weighted by molar-refractivity contribution is 0.0954. The largest absolute Gasteiger partial charge is 0.352 e. The Balaban J connectivity index is 1.92. The lowest BCUT2D eigenvalue weighted by atomic mass is 10.1. The molecule has 0 bridgehead atoms. The second kappa shape index (κ2) is 6.78. The molecule has 0 spiro atoms. The van der Waals surface area contributed by atoms with Crippen LogP contribution in [0.2, 0.25) is 10.0 Å². The molecule has 0 aliphatic heterocycles. The minimum atomic E-state index is -0.142. The molecule has 0 aliphatic carbocycles. The first kappa shape index (κ1) is 14.9. The summed E-state index contributed by atoms with van der Waals surface area (Å²) >= 11 is 11.7. The van der Waals surface area contributed by atoms with Gasteiger partial charge < -0.3 is 5.32 Å². The smallest absolute Gasteiger partial charge is 0.251 e. The zero-order valence-corrected chi connectivity index (χ0v) is 12.6. The molecule has 0 heterocycles. The van der Waals surface area contributed by atoms with Crippen LogP contribution in [0.25, 0.3) is 0 Å². The Hall–Kier alpha value is -1.51. The summed E-state index contributed by atoms with van der Waals surface area (Å²) in [5.74, 6) is -0.142. The van der Waals surface area contributed by atoms with Crippen molar-refractivity contribution in [2.75, 3.05) is 6.54 Å². The Morgan fingerprint density at radius 2 is 1.85 bits per heavy atom. The van der Waals surface area contributed by atoms with Gasteiger partial charge in [-0.15, -0.1) is 0 Å². The first-order valence-electron chi connectivity index (χ1n) is 6.35. The Bertz CT molecular complexity index is 626. The molecule has 2 nitrogen and oxygen atoms in total. The standard InChI is InChI=1S/C16H15Cl2NO/c1-11-4-2-3-5-12(11)8-9-19-16(20)13-6-7-14(17)15(18)10-13/h2-7,10H,8-9H2,1H3,(H,19,20). The third-order valence-corrected chi connectivity index (χ3v) is 3.86. The van der Waals surface area contributed by atoms with E-state index in [0.29, 0.717) is 22.2 Å². The minimum Gasteiger partial charge on any atom is -0.352 e. The van der Waals surface area contributed by atoms with E-state index in [1.54, 1.807) is 18.2 Å². The number of carbonyl (C=O) groups excluding carboxylic acids is 1. The summed E-state index contributed by atoms with van der Waals surface area (Å²) in [6.07, 6.45) is 0.805. The third kappa shape index (κ3) is 3.75. The molecule has 0 radical (unpaired) electrons. The molecule has 20 heavy (non-hydrogen) atoms. The van der Waals surface area contributed by atoms with Gasteiger partial charge in [0.05, 0.1) is 10.0 Å². The summed E-state index contributed by atoms with van der Waals surface area (Å²) in [7, 11) is 0. The zero-order chi connectivity index (χ0) is 14.5. The van der Waals surface area contributed by atoms with E-state index in [2.05, 4.69) is 24.4 Å². The normalized spacial score (nSPS) is 10.3. The van der Waals surface area contributed by atoms with Crippen molar-refractivity contribution in [1.82, 2.24) is 5.32 Å². The van der Waals surface area contributed by atoms with Gasteiger partial charge >= 0.3 is 0 Å². The van der Waals surface area contributed by atoms with E-state index in [1.807, 2.05) is 12.1 Å². The van der Waals surface area contributed by atoms with E-state index >= 15 is 0 Å². The van der Waals surface area contributed by atoms with Crippen molar-refractivity contribution in [3.8, 4) is 0 Å². The molecule has 0 saturated carbocycles. The van der Waals surface area contributed by atoms with Gasteiger partial charge in [0.25, 0.3) is 5.91 Å². The molecular formula is C16H15Cl2NO. The van der Waals surface area contributed by atoms with Crippen LogP contribution in [0.1, 0.15) is 21.5 Å². The van der Waals surface area contributed by atoms with Crippen LogP contribution in [0, 0.1) is 6.92 Å². The molecule has 0 unspecified atom stereocenters. The second-order valence-corrected chi connectivity index (χ2v) is 5.38. The minimum absolute atomic E-state index is 0.142. The summed E-state index contributed by atoms with van der Waals surface area (Å²) in [5, 5.41) is 3.72. The summed E-state index contributed by atoms with van der Waals surface area (Å²) in [4.78, 5) is 12.0. The van der Waals surface area contributed by atoms with Crippen molar-refractivity contribution in [3.63, 3.8) is 0 Å². The van der Waals surface area contributed by atoms with E-state index in [0.717, 1.165) is 6.42 Å². The number of aryl methyl sites for hydroxylation is 1. The van der Waals surface area contributed by atoms with Crippen LogP contribution < -0.4 is 5.32 Å². The maximum absolute atomic E-state index is 12.0. The van der Waals surface area contributed by atoms with E-state index in [1.165, 1.54) is 11.1 Å². The summed E-state index contributed by atoms with van der Waals surface area (Å²) in [5.41, 5.74) is 2.99. The highest BCUT2D eigenvalue weighted by Crippen LogP contribution is 2.22. The molecule has 1 amide bonds. The van der Waals surface area contributed by atoms with Crippen molar-refractivity contribution >= 4 is 29.1 Å². The topological polar surface area (TPSA) is 29.1 Å². The number of benzene rings is 2. The fourth-order valence-corrected chi connectivity index (χ4v) is 2.24. The van der Waals surface area contributed by atoms with Gasteiger partial charge in [-0.3, -0.25) is 4.79 Å². The SMILES string of the molecule is Cc1ccccc1CCNC(=O)c1ccc(Cl)c(Cl)c1. The molecular weight excluding hydrogens is 293 g/mol. The quantitative estimate of drug-likeness (QED) is 0.897. The Kier molecular flexibility index (Phi) is 5.05. The number of carbonyl (C=O) groups is 1. The average Bonchev–Trinajstić information content (AvgIpc) is 2.44. The average molecular weight is 308 g/mol. The zero-order valence-electron chi connectivity index (χ0n) is 11.1. The van der Waals surface area contributed by atoms with Crippen LogP contribution >= 0.6 is 23.2 Å². The van der Waals surface area contributed by atoms with Crippen LogP contribution in [-0.4, -0.2) is 12.5 Å². The van der Waals surface area contributed by atoms with Gasteiger partial charge in [0.2, 0.25) is 0 Å². The number of rotatable bonds is 4. The fraction of sp³-hybridized carbons (Fsp3) is 0.188. The second-order valence-electron chi connectivity index (χ2n) is 4.56. The van der Waals surface area contributed by atoms with Crippen molar-refractivity contribution in [3.05, 3.63) is 69.2 Å².